The molecule has 0 bridgehead atoms. The van der Waals surface area contributed by atoms with E-state index in [0.717, 1.165) is 65.1 Å². The Morgan fingerprint density at radius 2 is 1.90 bits per heavy atom. The fraction of sp³-hybridized carbons (Fsp3) is 0.346. The molecule has 1 heterocycles. The van der Waals surface area contributed by atoms with Gasteiger partial charge in [-0.15, -0.1) is 0 Å². The molecule has 2 fully saturated rings. The van der Waals surface area contributed by atoms with Crippen LogP contribution in [0.3, 0.4) is 0 Å². The van der Waals surface area contributed by atoms with Gasteiger partial charge in [0.05, 0.1) is 18.3 Å². The number of pyridine rings is 1. The van der Waals surface area contributed by atoms with Crippen LogP contribution in [-0.4, -0.2) is 11.1 Å². The predicted molar refractivity (Wildman–Crippen MR) is 120 cm³/mol. The summed E-state index contributed by atoms with van der Waals surface area (Å²) in [6.07, 6.45) is 9.41. The highest BCUT2D eigenvalue weighted by Crippen LogP contribution is 2.53. The minimum atomic E-state index is -0.304. The van der Waals surface area contributed by atoms with Crippen molar-refractivity contribution in [2.24, 2.45) is 0 Å². The van der Waals surface area contributed by atoms with Crippen molar-refractivity contribution < 1.29 is 9.47 Å². The summed E-state index contributed by atoms with van der Waals surface area (Å²) in [6.45, 7) is 2.65. The van der Waals surface area contributed by atoms with Crippen LogP contribution in [0.15, 0.2) is 60.9 Å². The highest BCUT2D eigenvalue weighted by molar-refractivity contribution is 6.31. The number of rotatable bonds is 8. The summed E-state index contributed by atoms with van der Waals surface area (Å²) >= 11 is 6.44. The maximum atomic E-state index is 6.52. The lowest BCUT2D eigenvalue weighted by molar-refractivity contribution is 0.0173. The van der Waals surface area contributed by atoms with E-state index >= 15 is 0 Å². The Kier molecular flexibility index (Phi) is 5.26. The molecule has 2 aliphatic carbocycles. The molecular formula is C26H26ClNO2. The molecule has 3 nitrogen and oxygen atoms in total. The summed E-state index contributed by atoms with van der Waals surface area (Å²) in [5.74, 6) is 0.946. The Morgan fingerprint density at radius 3 is 2.67 bits per heavy atom. The molecule has 0 aliphatic heterocycles. The molecule has 30 heavy (non-hydrogen) atoms. The number of ether oxygens (including phenoxy) is 2. The Morgan fingerprint density at radius 1 is 1.07 bits per heavy atom. The molecule has 0 radical (unpaired) electrons. The predicted octanol–water partition coefficient (Wildman–Crippen LogP) is 6.71. The molecule has 2 aromatic carbocycles. The summed E-state index contributed by atoms with van der Waals surface area (Å²) in [7, 11) is 0. The van der Waals surface area contributed by atoms with Gasteiger partial charge < -0.3 is 9.47 Å². The van der Waals surface area contributed by atoms with Crippen LogP contribution in [0.2, 0.25) is 5.02 Å². The number of para-hydroxylation sites is 1. The van der Waals surface area contributed by atoms with E-state index in [4.69, 9.17) is 21.1 Å². The molecule has 3 aromatic rings. The maximum Gasteiger partial charge on any atom is 0.127 e. The van der Waals surface area contributed by atoms with Gasteiger partial charge in [0.25, 0.3) is 0 Å². The standard InChI is InChI=1S/C26H26ClNO2/c1-2-18-7-10-24(27)19(15-18)17-29-26(12-13-26)23-16-28-14-11-21(23)22-5-3-4-6-25(22)30-20-8-9-20/h3-7,10-11,14-16,20H,2,8-9,12-13,17H2,1H3. The normalized spacial score (nSPS) is 17.0. The van der Waals surface area contributed by atoms with Crippen LogP contribution in [0.5, 0.6) is 5.75 Å². The molecule has 154 valence electrons. The van der Waals surface area contributed by atoms with Crippen LogP contribution < -0.4 is 4.74 Å². The molecule has 0 unspecified atom stereocenters. The Balaban J connectivity index is 1.44. The van der Waals surface area contributed by atoms with E-state index in [1.807, 2.05) is 24.5 Å². The molecule has 0 N–H and O–H groups in total. The monoisotopic (exact) mass is 419 g/mol. The lowest BCUT2D eigenvalue weighted by Gasteiger charge is -2.22. The summed E-state index contributed by atoms with van der Waals surface area (Å²) in [5, 5.41) is 0.762. The van der Waals surface area contributed by atoms with Gasteiger partial charge in [0.15, 0.2) is 0 Å². The number of aryl methyl sites for hydroxylation is 1. The lowest BCUT2D eigenvalue weighted by Crippen LogP contribution is -2.14. The fourth-order valence-electron chi connectivity index (χ4n) is 3.93. The van der Waals surface area contributed by atoms with E-state index in [1.165, 1.54) is 5.56 Å². The first kappa shape index (κ1) is 19.6. The van der Waals surface area contributed by atoms with Crippen molar-refractivity contribution in [2.45, 2.75) is 57.3 Å². The molecule has 4 heteroatoms. The second-order valence-corrected chi connectivity index (χ2v) is 8.70. The SMILES string of the molecule is CCc1ccc(Cl)c(COC2(c3cnccc3-c3ccccc3OC3CC3)CC2)c1. The quantitative estimate of drug-likeness (QED) is 0.406. The average molecular weight is 420 g/mol. The van der Waals surface area contributed by atoms with Crippen LogP contribution in [-0.2, 0) is 23.4 Å². The van der Waals surface area contributed by atoms with E-state index < -0.39 is 0 Å². The number of aromatic nitrogens is 1. The van der Waals surface area contributed by atoms with E-state index in [-0.39, 0.29) is 5.60 Å². The summed E-state index contributed by atoms with van der Waals surface area (Å²) in [5.41, 5.74) is 5.41. The summed E-state index contributed by atoms with van der Waals surface area (Å²) in [4.78, 5) is 4.43. The highest BCUT2D eigenvalue weighted by atomic mass is 35.5. The van der Waals surface area contributed by atoms with Crippen molar-refractivity contribution in [3.05, 3.63) is 82.6 Å². The third-order valence-corrected chi connectivity index (χ3v) is 6.40. The zero-order valence-electron chi connectivity index (χ0n) is 17.2. The van der Waals surface area contributed by atoms with Gasteiger partial charge in [-0.3, -0.25) is 4.98 Å². The van der Waals surface area contributed by atoms with Gasteiger partial charge in [0, 0.05) is 28.5 Å². The van der Waals surface area contributed by atoms with Gasteiger partial charge in [-0.1, -0.05) is 48.9 Å². The summed E-state index contributed by atoms with van der Waals surface area (Å²) in [6, 6.07) is 16.6. The van der Waals surface area contributed by atoms with Crippen LogP contribution in [0.4, 0.5) is 0 Å². The minimum Gasteiger partial charge on any atom is -0.490 e. The lowest BCUT2D eigenvalue weighted by atomic mass is 9.96. The molecule has 0 spiro atoms. The smallest absolute Gasteiger partial charge is 0.127 e. The molecule has 2 aliphatic rings. The van der Waals surface area contributed by atoms with Gasteiger partial charge in [0.2, 0.25) is 0 Å². The van der Waals surface area contributed by atoms with Crippen molar-refractivity contribution in [3.8, 4) is 16.9 Å². The number of hydrogen-bond acceptors (Lipinski definition) is 3. The first-order valence-corrected chi connectivity index (χ1v) is 11.2. The van der Waals surface area contributed by atoms with Crippen molar-refractivity contribution in [1.29, 1.82) is 0 Å². The molecule has 0 atom stereocenters. The average Bonchev–Trinajstić information content (AvgIpc) is 3.71. The van der Waals surface area contributed by atoms with Crippen molar-refractivity contribution in [1.82, 2.24) is 4.98 Å². The number of nitrogens with zero attached hydrogens (tertiary/aromatic N) is 1. The van der Waals surface area contributed by atoms with Gasteiger partial charge >= 0.3 is 0 Å². The van der Waals surface area contributed by atoms with Crippen molar-refractivity contribution >= 4 is 11.6 Å². The van der Waals surface area contributed by atoms with E-state index in [0.29, 0.717) is 12.7 Å². The van der Waals surface area contributed by atoms with E-state index in [1.54, 1.807) is 0 Å². The van der Waals surface area contributed by atoms with Crippen LogP contribution in [0.25, 0.3) is 11.1 Å². The largest absolute Gasteiger partial charge is 0.490 e. The summed E-state index contributed by atoms with van der Waals surface area (Å²) < 4.78 is 12.7. The maximum absolute atomic E-state index is 6.52. The zero-order valence-corrected chi connectivity index (χ0v) is 18.0. The van der Waals surface area contributed by atoms with Gasteiger partial charge in [0.1, 0.15) is 5.75 Å². The molecule has 0 saturated heterocycles. The number of hydrogen-bond donors (Lipinski definition) is 0. The molecule has 1 aromatic heterocycles. The van der Waals surface area contributed by atoms with Crippen LogP contribution >= 0.6 is 11.6 Å². The highest BCUT2D eigenvalue weighted by Gasteiger charge is 2.47. The van der Waals surface area contributed by atoms with Gasteiger partial charge in [-0.25, -0.2) is 0 Å². The molecule has 0 amide bonds. The third-order valence-electron chi connectivity index (χ3n) is 6.03. The topological polar surface area (TPSA) is 31.4 Å². The molecular weight excluding hydrogens is 394 g/mol. The first-order chi connectivity index (χ1) is 14.7. The fourth-order valence-corrected chi connectivity index (χ4v) is 4.10. The van der Waals surface area contributed by atoms with Crippen LogP contribution in [0.1, 0.15) is 49.3 Å². The second-order valence-electron chi connectivity index (χ2n) is 8.30. The minimum absolute atomic E-state index is 0.304. The second kappa shape index (κ2) is 8.05. The first-order valence-electron chi connectivity index (χ1n) is 10.8. The van der Waals surface area contributed by atoms with Crippen molar-refractivity contribution in [3.63, 3.8) is 0 Å². The van der Waals surface area contributed by atoms with Crippen LogP contribution in [0, 0.1) is 0 Å². The Hall–Kier alpha value is -2.36. The Bertz CT molecular complexity index is 1060. The van der Waals surface area contributed by atoms with Gasteiger partial charge in [-0.2, -0.15) is 0 Å². The van der Waals surface area contributed by atoms with Crippen molar-refractivity contribution in [2.75, 3.05) is 0 Å². The van der Waals surface area contributed by atoms with E-state index in [9.17, 15) is 0 Å². The Labute approximate surface area is 183 Å². The number of halogens is 1. The van der Waals surface area contributed by atoms with Gasteiger partial charge in [-0.05, 0) is 67.0 Å². The molecule has 5 rings (SSSR count). The zero-order chi connectivity index (χ0) is 20.6. The number of benzene rings is 2. The van der Waals surface area contributed by atoms with E-state index in [2.05, 4.69) is 48.3 Å². The molecule has 2 saturated carbocycles. The third kappa shape index (κ3) is 3.97.